The molecule has 1 amide bonds. The monoisotopic (exact) mass is 279 g/mol. The Morgan fingerprint density at radius 3 is 2.67 bits per heavy atom. The zero-order valence-electron chi connectivity index (χ0n) is 11.8. The van der Waals surface area contributed by atoms with Gasteiger partial charge < -0.3 is 9.64 Å². The van der Waals surface area contributed by atoms with E-state index in [9.17, 15) is 4.79 Å². The van der Waals surface area contributed by atoms with Crippen LogP contribution >= 0.6 is 0 Å². The molecular formula is C18H17NO2. The van der Waals surface area contributed by atoms with Gasteiger partial charge in [0.15, 0.2) is 6.10 Å². The summed E-state index contributed by atoms with van der Waals surface area (Å²) in [5.41, 5.74) is 3.43. The van der Waals surface area contributed by atoms with Gasteiger partial charge in [-0.05, 0) is 36.1 Å². The summed E-state index contributed by atoms with van der Waals surface area (Å²) in [4.78, 5) is 14.7. The maximum Gasteiger partial charge on any atom is 0.268 e. The lowest BCUT2D eigenvalue weighted by molar-refractivity contribution is -0.124. The second-order valence-electron chi connectivity index (χ2n) is 5.64. The van der Waals surface area contributed by atoms with E-state index >= 15 is 0 Å². The molecule has 106 valence electrons. The lowest BCUT2D eigenvalue weighted by atomic mass is 10.0. The number of amides is 1. The minimum atomic E-state index is -0.381. The van der Waals surface area contributed by atoms with Crippen molar-refractivity contribution in [2.75, 3.05) is 11.4 Å². The number of hydrogen-bond donors (Lipinski definition) is 0. The zero-order valence-corrected chi connectivity index (χ0v) is 11.8. The Balaban J connectivity index is 1.60. The topological polar surface area (TPSA) is 29.5 Å². The number of benzene rings is 2. The van der Waals surface area contributed by atoms with Crippen LogP contribution in [0, 0.1) is 0 Å². The molecule has 2 aromatic rings. The first-order valence-corrected chi connectivity index (χ1v) is 7.47. The van der Waals surface area contributed by atoms with Gasteiger partial charge in [0.05, 0.1) is 0 Å². The number of carbonyl (C=O) groups excluding carboxylic acids is 1. The summed E-state index contributed by atoms with van der Waals surface area (Å²) < 4.78 is 5.85. The fraction of sp³-hybridized carbons (Fsp3) is 0.278. The van der Waals surface area contributed by atoms with Crippen molar-refractivity contribution in [3.8, 4) is 5.75 Å². The Morgan fingerprint density at radius 1 is 1.05 bits per heavy atom. The van der Waals surface area contributed by atoms with Gasteiger partial charge in [0, 0.05) is 18.7 Å². The van der Waals surface area contributed by atoms with E-state index in [0.717, 1.165) is 36.4 Å². The van der Waals surface area contributed by atoms with Gasteiger partial charge in [-0.3, -0.25) is 4.79 Å². The maximum atomic E-state index is 12.8. The van der Waals surface area contributed by atoms with Crippen LogP contribution in [-0.4, -0.2) is 18.6 Å². The Morgan fingerprint density at radius 2 is 1.81 bits per heavy atom. The van der Waals surface area contributed by atoms with Crippen LogP contribution in [0.3, 0.4) is 0 Å². The predicted molar refractivity (Wildman–Crippen MR) is 81.7 cm³/mol. The molecule has 4 rings (SSSR count). The van der Waals surface area contributed by atoms with Crippen molar-refractivity contribution < 1.29 is 9.53 Å². The van der Waals surface area contributed by atoms with Gasteiger partial charge in [0.2, 0.25) is 0 Å². The number of hydrogen-bond acceptors (Lipinski definition) is 2. The lowest BCUT2D eigenvalue weighted by Crippen LogP contribution is -2.44. The van der Waals surface area contributed by atoms with E-state index in [2.05, 4.69) is 6.07 Å². The zero-order chi connectivity index (χ0) is 14.2. The van der Waals surface area contributed by atoms with Crippen molar-refractivity contribution in [1.29, 1.82) is 0 Å². The van der Waals surface area contributed by atoms with Gasteiger partial charge >= 0.3 is 0 Å². The molecular weight excluding hydrogens is 262 g/mol. The molecule has 2 heterocycles. The third kappa shape index (κ3) is 2.09. The van der Waals surface area contributed by atoms with Gasteiger partial charge in [0.25, 0.3) is 5.91 Å². The van der Waals surface area contributed by atoms with Crippen LogP contribution in [0.1, 0.15) is 17.5 Å². The molecule has 2 aliphatic heterocycles. The Hall–Kier alpha value is -2.29. The molecule has 1 unspecified atom stereocenters. The molecule has 0 aliphatic carbocycles. The summed E-state index contributed by atoms with van der Waals surface area (Å²) in [5.74, 6) is 0.930. The van der Waals surface area contributed by atoms with E-state index in [4.69, 9.17) is 4.74 Å². The van der Waals surface area contributed by atoms with Crippen LogP contribution < -0.4 is 9.64 Å². The van der Waals surface area contributed by atoms with Crippen LogP contribution in [0.15, 0.2) is 48.5 Å². The standard InChI is InChI=1S/C18H17NO2/c20-18(17-12-14-7-2-4-10-16(14)21-17)19-11-5-8-13-6-1-3-9-15(13)19/h1-4,6-7,9-10,17H,5,8,11-12H2. The van der Waals surface area contributed by atoms with Crippen molar-refractivity contribution in [1.82, 2.24) is 0 Å². The molecule has 0 aromatic heterocycles. The minimum Gasteiger partial charge on any atom is -0.480 e. The van der Waals surface area contributed by atoms with Crippen molar-refractivity contribution in [2.24, 2.45) is 0 Å². The first-order valence-electron chi connectivity index (χ1n) is 7.47. The fourth-order valence-electron chi connectivity index (χ4n) is 3.26. The van der Waals surface area contributed by atoms with Crippen molar-refractivity contribution >= 4 is 11.6 Å². The van der Waals surface area contributed by atoms with Crippen molar-refractivity contribution in [3.05, 3.63) is 59.7 Å². The number of para-hydroxylation sites is 2. The first-order chi connectivity index (χ1) is 10.3. The average Bonchev–Trinajstić information content (AvgIpc) is 2.97. The highest BCUT2D eigenvalue weighted by atomic mass is 16.5. The van der Waals surface area contributed by atoms with Crippen LogP contribution in [-0.2, 0) is 17.6 Å². The van der Waals surface area contributed by atoms with Crippen molar-refractivity contribution in [3.63, 3.8) is 0 Å². The molecule has 2 aliphatic rings. The third-order valence-electron chi connectivity index (χ3n) is 4.30. The van der Waals surface area contributed by atoms with E-state index in [1.165, 1.54) is 5.56 Å². The van der Waals surface area contributed by atoms with Gasteiger partial charge in [-0.1, -0.05) is 36.4 Å². The smallest absolute Gasteiger partial charge is 0.268 e. The van der Waals surface area contributed by atoms with Gasteiger partial charge in [-0.2, -0.15) is 0 Å². The largest absolute Gasteiger partial charge is 0.480 e. The first kappa shape index (κ1) is 12.5. The second kappa shape index (κ2) is 4.92. The van der Waals surface area contributed by atoms with E-state index in [-0.39, 0.29) is 12.0 Å². The van der Waals surface area contributed by atoms with Crippen LogP contribution in [0.5, 0.6) is 5.75 Å². The highest BCUT2D eigenvalue weighted by Gasteiger charge is 2.34. The highest BCUT2D eigenvalue weighted by Crippen LogP contribution is 2.32. The van der Waals surface area contributed by atoms with Crippen LogP contribution in [0.25, 0.3) is 0 Å². The second-order valence-corrected chi connectivity index (χ2v) is 5.64. The Bertz CT molecular complexity index is 670. The van der Waals surface area contributed by atoms with Gasteiger partial charge in [-0.15, -0.1) is 0 Å². The summed E-state index contributed by atoms with van der Waals surface area (Å²) in [6, 6.07) is 16.1. The van der Waals surface area contributed by atoms with Gasteiger partial charge in [-0.25, -0.2) is 0 Å². The molecule has 0 saturated heterocycles. The molecule has 0 saturated carbocycles. The minimum absolute atomic E-state index is 0.0818. The fourth-order valence-corrected chi connectivity index (χ4v) is 3.26. The number of aryl methyl sites for hydroxylation is 1. The normalized spacial score (nSPS) is 19.6. The predicted octanol–water partition coefficient (Wildman–Crippen LogP) is 2.97. The van der Waals surface area contributed by atoms with E-state index in [1.807, 2.05) is 47.4 Å². The molecule has 3 nitrogen and oxygen atoms in total. The number of ether oxygens (including phenoxy) is 1. The average molecular weight is 279 g/mol. The molecule has 0 spiro atoms. The molecule has 0 N–H and O–H groups in total. The van der Waals surface area contributed by atoms with E-state index in [0.29, 0.717) is 6.42 Å². The van der Waals surface area contributed by atoms with Crippen LogP contribution in [0.2, 0.25) is 0 Å². The molecule has 21 heavy (non-hydrogen) atoms. The van der Waals surface area contributed by atoms with Crippen molar-refractivity contribution in [2.45, 2.75) is 25.4 Å². The summed E-state index contributed by atoms with van der Waals surface area (Å²) in [6.07, 6.45) is 2.36. The van der Waals surface area contributed by atoms with Crippen LogP contribution in [0.4, 0.5) is 5.69 Å². The van der Waals surface area contributed by atoms with Gasteiger partial charge in [0.1, 0.15) is 5.75 Å². The number of nitrogens with zero attached hydrogens (tertiary/aromatic N) is 1. The summed E-state index contributed by atoms with van der Waals surface area (Å²) in [6.45, 7) is 0.784. The number of anilines is 1. The number of carbonyl (C=O) groups is 1. The molecule has 2 aromatic carbocycles. The molecule has 0 radical (unpaired) electrons. The highest BCUT2D eigenvalue weighted by molar-refractivity contribution is 5.98. The number of fused-ring (bicyclic) bond motifs is 2. The Labute approximate surface area is 124 Å². The summed E-state index contributed by atoms with van der Waals surface area (Å²) in [7, 11) is 0. The molecule has 3 heteroatoms. The molecule has 1 atom stereocenters. The summed E-state index contributed by atoms with van der Waals surface area (Å²) >= 11 is 0. The SMILES string of the molecule is O=C(C1Cc2ccccc2O1)N1CCCc2ccccc21. The lowest BCUT2D eigenvalue weighted by Gasteiger charge is -2.31. The maximum absolute atomic E-state index is 12.8. The quantitative estimate of drug-likeness (QED) is 0.803. The molecule has 0 fully saturated rings. The molecule has 0 bridgehead atoms. The number of rotatable bonds is 1. The van der Waals surface area contributed by atoms with E-state index < -0.39 is 0 Å². The summed E-state index contributed by atoms with van der Waals surface area (Å²) in [5, 5.41) is 0. The van der Waals surface area contributed by atoms with E-state index in [1.54, 1.807) is 0 Å². The Kier molecular flexibility index (Phi) is 2.92. The third-order valence-corrected chi connectivity index (χ3v) is 4.30.